The first-order valence-electron chi connectivity index (χ1n) is 6.99. The third-order valence-corrected chi connectivity index (χ3v) is 4.12. The van der Waals surface area contributed by atoms with Gasteiger partial charge in [-0.1, -0.05) is 13.3 Å². The number of pyridine rings is 1. The van der Waals surface area contributed by atoms with E-state index >= 15 is 0 Å². The molecule has 1 atom stereocenters. The zero-order valence-electron chi connectivity index (χ0n) is 12.2. The monoisotopic (exact) mass is 293 g/mol. The first kappa shape index (κ1) is 15.2. The van der Waals surface area contributed by atoms with Gasteiger partial charge in [0.1, 0.15) is 0 Å². The van der Waals surface area contributed by atoms with E-state index in [4.69, 9.17) is 0 Å². The molecule has 0 aromatic carbocycles. The molecule has 2 rings (SSSR count). The molecule has 1 N–H and O–H groups in total. The number of anilines is 1. The Morgan fingerprint density at radius 2 is 2.33 bits per heavy atom. The fraction of sp³-hybridized carbons (Fsp3) is 0.571. The Kier molecular flexibility index (Phi) is 4.11. The van der Waals surface area contributed by atoms with Crippen molar-refractivity contribution in [1.29, 1.82) is 0 Å². The molecule has 21 heavy (non-hydrogen) atoms. The summed E-state index contributed by atoms with van der Waals surface area (Å²) in [6.45, 7) is 4.35. The van der Waals surface area contributed by atoms with Crippen LogP contribution in [0.25, 0.3) is 0 Å². The number of hydrogen-bond donors (Lipinski definition) is 1. The molecule has 0 bridgehead atoms. The van der Waals surface area contributed by atoms with E-state index in [9.17, 15) is 20.0 Å². The van der Waals surface area contributed by atoms with E-state index in [1.54, 1.807) is 17.9 Å². The molecule has 1 aliphatic heterocycles. The minimum Gasteiger partial charge on any atom is -0.481 e. The van der Waals surface area contributed by atoms with Crippen LogP contribution in [-0.4, -0.2) is 34.1 Å². The predicted molar refractivity (Wildman–Crippen MR) is 77.4 cm³/mol. The van der Waals surface area contributed by atoms with E-state index in [0.29, 0.717) is 24.9 Å². The van der Waals surface area contributed by atoms with Crippen LogP contribution in [-0.2, 0) is 4.79 Å². The largest absolute Gasteiger partial charge is 0.481 e. The Hall–Kier alpha value is -2.18. The van der Waals surface area contributed by atoms with Gasteiger partial charge in [0.05, 0.1) is 10.3 Å². The number of aliphatic carboxylic acids is 1. The zero-order chi connectivity index (χ0) is 15.6. The maximum atomic E-state index is 11.6. The molecule has 0 aliphatic carbocycles. The van der Waals surface area contributed by atoms with Gasteiger partial charge in [-0.05, 0) is 25.8 Å². The number of carbonyl (C=O) groups is 1. The molecule has 1 aromatic heterocycles. The van der Waals surface area contributed by atoms with Crippen LogP contribution in [0.4, 0.5) is 11.5 Å². The summed E-state index contributed by atoms with van der Waals surface area (Å²) < 4.78 is 0. The molecule has 1 fully saturated rings. The van der Waals surface area contributed by atoms with Gasteiger partial charge in [-0.3, -0.25) is 14.9 Å². The normalized spacial score (nSPS) is 21.5. The number of aromatic nitrogens is 1. The zero-order valence-corrected chi connectivity index (χ0v) is 12.2. The molecule has 0 radical (unpaired) electrons. The highest BCUT2D eigenvalue weighted by atomic mass is 16.6. The minimum absolute atomic E-state index is 0.0322. The number of nitro groups is 1. The van der Waals surface area contributed by atoms with Gasteiger partial charge in [0.2, 0.25) is 5.82 Å². The van der Waals surface area contributed by atoms with E-state index < -0.39 is 16.3 Å². The van der Waals surface area contributed by atoms with Crippen molar-refractivity contribution in [3.05, 3.63) is 27.9 Å². The average Bonchev–Trinajstić information content (AvgIpc) is 2.84. The highest BCUT2D eigenvalue weighted by Crippen LogP contribution is 2.40. The van der Waals surface area contributed by atoms with E-state index in [-0.39, 0.29) is 18.1 Å². The quantitative estimate of drug-likeness (QED) is 0.661. The van der Waals surface area contributed by atoms with Crippen LogP contribution in [0.1, 0.15) is 31.7 Å². The Balaban J connectivity index is 2.36. The van der Waals surface area contributed by atoms with Gasteiger partial charge in [-0.25, -0.2) is 4.98 Å². The number of carboxylic acid groups (broad SMARTS) is 1. The number of rotatable bonds is 5. The summed E-state index contributed by atoms with van der Waals surface area (Å²) in [5.41, 5.74) is -0.322. The molecule has 0 amide bonds. The van der Waals surface area contributed by atoms with Crippen molar-refractivity contribution in [2.45, 2.75) is 33.1 Å². The Labute approximate surface area is 122 Å². The topological polar surface area (TPSA) is 96.6 Å². The van der Waals surface area contributed by atoms with E-state index in [1.807, 2.05) is 6.92 Å². The number of nitrogens with zero attached hydrogens (tertiary/aromatic N) is 3. The summed E-state index contributed by atoms with van der Waals surface area (Å²) in [7, 11) is 0. The van der Waals surface area contributed by atoms with Crippen molar-refractivity contribution < 1.29 is 14.8 Å². The molecule has 1 aliphatic rings. The molecule has 2 heterocycles. The van der Waals surface area contributed by atoms with Crippen LogP contribution < -0.4 is 4.90 Å². The summed E-state index contributed by atoms with van der Waals surface area (Å²) in [5.74, 6) is -0.554. The number of carboxylic acids is 1. The van der Waals surface area contributed by atoms with E-state index in [0.717, 1.165) is 6.42 Å². The summed E-state index contributed by atoms with van der Waals surface area (Å²) in [5, 5.41) is 20.8. The highest BCUT2D eigenvalue weighted by molar-refractivity contribution is 5.77. The third-order valence-electron chi connectivity index (χ3n) is 4.12. The smallest absolute Gasteiger partial charge is 0.314 e. The van der Waals surface area contributed by atoms with Crippen LogP contribution in [0.15, 0.2) is 12.3 Å². The van der Waals surface area contributed by atoms with Gasteiger partial charge in [-0.2, -0.15) is 0 Å². The van der Waals surface area contributed by atoms with Crippen LogP contribution >= 0.6 is 0 Å². The first-order chi connectivity index (χ1) is 9.91. The number of aryl methyl sites for hydroxylation is 1. The molecular formula is C14H19N3O4. The Bertz CT molecular complexity index is 575. The Morgan fingerprint density at radius 3 is 2.90 bits per heavy atom. The molecule has 114 valence electrons. The SMILES string of the molecule is CCCC1(C(=O)O)CCN(c2nccc(C)c2[N+](=O)[O-])C1. The van der Waals surface area contributed by atoms with Crippen molar-refractivity contribution >= 4 is 17.5 Å². The molecule has 0 spiro atoms. The van der Waals surface area contributed by atoms with Crippen molar-refractivity contribution in [3.63, 3.8) is 0 Å². The lowest BCUT2D eigenvalue weighted by Crippen LogP contribution is -2.35. The fourth-order valence-corrected chi connectivity index (χ4v) is 3.01. The van der Waals surface area contributed by atoms with Gasteiger partial charge in [0.15, 0.2) is 0 Å². The molecule has 1 saturated heterocycles. The second-order valence-corrected chi connectivity index (χ2v) is 5.56. The average molecular weight is 293 g/mol. The summed E-state index contributed by atoms with van der Waals surface area (Å²) >= 11 is 0. The van der Waals surface area contributed by atoms with Gasteiger partial charge >= 0.3 is 11.7 Å². The van der Waals surface area contributed by atoms with Gasteiger partial charge in [0.25, 0.3) is 0 Å². The lowest BCUT2D eigenvalue weighted by molar-refractivity contribution is -0.384. The lowest BCUT2D eigenvalue weighted by Gasteiger charge is -2.24. The summed E-state index contributed by atoms with van der Waals surface area (Å²) in [6.07, 6.45) is 3.35. The molecule has 7 nitrogen and oxygen atoms in total. The van der Waals surface area contributed by atoms with Crippen LogP contribution in [0.3, 0.4) is 0 Å². The summed E-state index contributed by atoms with van der Waals surface area (Å²) in [6, 6.07) is 1.59. The first-order valence-corrected chi connectivity index (χ1v) is 6.99. The fourth-order valence-electron chi connectivity index (χ4n) is 3.01. The maximum Gasteiger partial charge on any atom is 0.314 e. The molecule has 1 aromatic rings. The second-order valence-electron chi connectivity index (χ2n) is 5.56. The van der Waals surface area contributed by atoms with Gasteiger partial charge in [-0.15, -0.1) is 0 Å². The Morgan fingerprint density at radius 1 is 1.62 bits per heavy atom. The van der Waals surface area contributed by atoms with Crippen molar-refractivity contribution in [2.24, 2.45) is 5.41 Å². The van der Waals surface area contributed by atoms with Crippen LogP contribution in [0, 0.1) is 22.5 Å². The van der Waals surface area contributed by atoms with Crippen LogP contribution in [0.5, 0.6) is 0 Å². The van der Waals surface area contributed by atoms with Crippen LogP contribution in [0.2, 0.25) is 0 Å². The number of hydrogen-bond acceptors (Lipinski definition) is 5. The maximum absolute atomic E-state index is 11.6. The summed E-state index contributed by atoms with van der Waals surface area (Å²) in [4.78, 5) is 28.2. The van der Waals surface area contributed by atoms with Crippen molar-refractivity contribution in [1.82, 2.24) is 4.98 Å². The minimum atomic E-state index is -0.831. The predicted octanol–water partition coefficient (Wildman–Crippen LogP) is 2.38. The van der Waals surface area contributed by atoms with Crippen molar-refractivity contribution in [3.8, 4) is 0 Å². The lowest BCUT2D eigenvalue weighted by atomic mass is 9.83. The van der Waals surface area contributed by atoms with E-state index in [2.05, 4.69) is 4.98 Å². The standard InChI is InChI=1S/C14H19N3O4/c1-3-5-14(13(18)19)6-8-16(9-14)12-11(17(20)21)10(2)4-7-15-12/h4,7H,3,5-6,8-9H2,1-2H3,(H,18,19). The second kappa shape index (κ2) is 5.67. The molecule has 1 unspecified atom stereocenters. The molecule has 7 heteroatoms. The third kappa shape index (κ3) is 2.68. The highest BCUT2D eigenvalue weighted by Gasteiger charge is 2.45. The van der Waals surface area contributed by atoms with Crippen molar-refractivity contribution in [2.75, 3.05) is 18.0 Å². The van der Waals surface area contributed by atoms with E-state index in [1.165, 1.54) is 6.20 Å². The molecular weight excluding hydrogens is 274 g/mol. The molecule has 0 saturated carbocycles. The van der Waals surface area contributed by atoms with Gasteiger partial charge < -0.3 is 10.0 Å². The van der Waals surface area contributed by atoms with Gasteiger partial charge in [0, 0.05) is 24.8 Å².